The highest BCUT2D eigenvalue weighted by molar-refractivity contribution is 5.78. The van der Waals surface area contributed by atoms with Gasteiger partial charge >= 0.3 is 5.97 Å². The van der Waals surface area contributed by atoms with Crippen LogP contribution in [0, 0.1) is 11.8 Å². The molecule has 2 unspecified atom stereocenters. The van der Waals surface area contributed by atoms with Gasteiger partial charge in [0.05, 0.1) is 0 Å². The predicted molar refractivity (Wildman–Crippen MR) is 65.6 cm³/mol. The largest absolute Gasteiger partial charge is 0.481 e. The second-order valence-electron chi connectivity index (χ2n) is 5.03. The van der Waals surface area contributed by atoms with Crippen LogP contribution in [-0.2, 0) is 9.59 Å². The van der Waals surface area contributed by atoms with Crippen LogP contribution in [0.25, 0.3) is 0 Å². The molecule has 1 aliphatic rings. The van der Waals surface area contributed by atoms with Crippen molar-refractivity contribution in [1.82, 2.24) is 4.90 Å². The second kappa shape index (κ2) is 6.62. The third-order valence-electron chi connectivity index (χ3n) is 3.63. The first-order chi connectivity index (χ1) is 8.04. The van der Waals surface area contributed by atoms with Crippen molar-refractivity contribution in [2.24, 2.45) is 11.8 Å². The van der Waals surface area contributed by atoms with Crippen molar-refractivity contribution in [2.75, 3.05) is 13.1 Å². The summed E-state index contributed by atoms with van der Waals surface area (Å²) in [7, 11) is 0. The quantitative estimate of drug-likeness (QED) is 0.802. The van der Waals surface area contributed by atoms with Crippen LogP contribution in [0.3, 0.4) is 0 Å². The highest BCUT2D eigenvalue weighted by atomic mass is 16.4. The summed E-state index contributed by atoms with van der Waals surface area (Å²) in [6.07, 6.45) is 3.84. The van der Waals surface area contributed by atoms with E-state index < -0.39 is 5.97 Å². The number of carbonyl (C=O) groups excluding carboxylic acids is 1. The molecule has 0 saturated carbocycles. The van der Waals surface area contributed by atoms with Gasteiger partial charge in [0.1, 0.15) is 0 Å². The number of hydrogen-bond donors (Lipinski definition) is 1. The number of likely N-dealkylation sites (tertiary alicyclic amines) is 1. The van der Waals surface area contributed by atoms with E-state index in [1.165, 1.54) is 0 Å². The maximum atomic E-state index is 12.0. The highest BCUT2D eigenvalue weighted by Gasteiger charge is 2.26. The molecule has 0 radical (unpaired) electrons. The number of rotatable bonds is 5. The summed E-state index contributed by atoms with van der Waals surface area (Å²) in [4.78, 5) is 24.5. The minimum atomic E-state index is -0.740. The Bertz CT molecular complexity index is 278. The van der Waals surface area contributed by atoms with Gasteiger partial charge in [0.15, 0.2) is 0 Å². The van der Waals surface area contributed by atoms with Crippen LogP contribution in [0.15, 0.2) is 0 Å². The maximum Gasteiger partial charge on any atom is 0.303 e. The summed E-state index contributed by atoms with van der Waals surface area (Å²) in [5.74, 6) is -0.0519. The summed E-state index contributed by atoms with van der Waals surface area (Å²) in [6.45, 7) is 5.57. The summed E-state index contributed by atoms with van der Waals surface area (Å²) in [5.41, 5.74) is 0. The van der Waals surface area contributed by atoms with E-state index >= 15 is 0 Å². The molecule has 1 saturated heterocycles. The zero-order chi connectivity index (χ0) is 12.8. The predicted octanol–water partition coefficient (Wildman–Crippen LogP) is 2.14. The van der Waals surface area contributed by atoms with Gasteiger partial charge in [-0.1, -0.05) is 13.8 Å². The Morgan fingerprint density at radius 1 is 1.47 bits per heavy atom. The average molecular weight is 241 g/mol. The fourth-order valence-corrected chi connectivity index (χ4v) is 2.31. The number of hydrogen-bond acceptors (Lipinski definition) is 2. The number of amides is 1. The van der Waals surface area contributed by atoms with Crippen LogP contribution in [-0.4, -0.2) is 35.0 Å². The van der Waals surface area contributed by atoms with Crippen LogP contribution in [0.5, 0.6) is 0 Å². The molecule has 1 N–H and O–H groups in total. The van der Waals surface area contributed by atoms with Gasteiger partial charge in [-0.2, -0.15) is 0 Å². The lowest BCUT2D eigenvalue weighted by Gasteiger charge is -2.34. The number of aliphatic carboxylic acids is 1. The third kappa shape index (κ3) is 4.36. The molecule has 0 aromatic heterocycles. The first kappa shape index (κ1) is 14.0. The van der Waals surface area contributed by atoms with E-state index in [2.05, 4.69) is 0 Å². The van der Waals surface area contributed by atoms with E-state index in [4.69, 9.17) is 5.11 Å². The first-order valence-electron chi connectivity index (χ1n) is 6.55. The van der Waals surface area contributed by atoms with E-state index in [-0.39, 0.29) is 18.2 Å². The third-order valence-corrected chi connectivity index (χ3v) is 3.63. The molecule has 1 rings (SSSR count). The molecule has 0 bridgehead atoms. The van der Waals surface area contributed by atoms with Gasteiger partial charge in [-0.25, -0.2) is 0 Å². The Kier molecular flexibility index (Phi) is 5.45. The van der Waals surface area contributed by atoms with Crippen LogP contribution in [0.4, 0.5) is 0 Å². The van der Waals surface area contributed by atoms with Gasteiger partial charge < -0.3 is 10.0 Å². The number of nitrogens with zero attached hydrogens (tertiary/aromatic N) is 1. The zero-order valence-corrected chi connectivity index (χ0v) is 10.8. The molecule has 98 valence electrons. The van der Waals surface area contributed by atoms with Gasteiger partial charge in [-0.15, -0.1) is 0 Å². The Labute approximate surface area is 103 Å². The Hall–Kier alpha value is -1.06. The van der Waals surface area contributed by atoms with E-state index in [9.17, 15) is 9.59 Å². The van der Waals surface area contributed by atoms with Crippen LogP contribution >= 0.6 is 0 Å². The molecular formula is C13H23NO3. The second-order valence-corrected chi connectivity index (χ2v) is 5.03. The van der Waals surface area contributed by atoms with E-state index in [0.717, 1.165) is 32.4 Å². The number of carbonyl (C=O) groups is 2. The van der Waals surface area contributed by atoms with Crippen LogP contribution in [0.1, 0.15) is 46.0 Å². The monoisotopic (exact) mass is 241 g/mol. The first-order valence-corrected chi connectivity index (χ1v) is 6.55. The van der Waals surface area contributed by atoms with Crippen LogP contribution in [0.2, 0.25) is 0 Å². The molecule has 4 heteroatoms. The van der Waals surface area contributed by atoms with Crippen molar-refractivity contribution in [3.05, 3.63) is 0 Å². The Balaban J connectivity index is 2.43. The lowest BCUT2D eigenvalue weighted by molar-refractivity contribution is -0.137. The molecule has 17 heavy (non-hydrogen) atoms. The number of piperidine rings is 1. The molecule has 2 atom stereocenters. The van der Waals surface area contributed by atoms with Crippen molar-refractivity contribution in [1.29, 1.82) is 0 Å². The van der Waals surface area contributed by atoms with E-state index in [1.54, 1.807) is 0 Å². The number of carboxylic acid groups (broad SMARTS) is 1. The molecule has 1 heterocycles. The smallest absolute Gasteiger partial charge is 0.303 e. The highest BCUT2D eigenvalue weighted by Crippen LogP contribution is 2.22. The summed E-state index contributed by atoms with van der Waals surface area (Å²) in [6, 6.07) is 0. The normalized spacial score (nSPS) is 22.2. The van der Waals surface area contributed by atoms with Gasteiger partial charge in [-0.3, -0.25) is 9.59 Å². The Morgan fingerprint density at radius 2 is 2.18 bits per heavy atom. The van der Waals surface area contributed by atoms with E-state index in [0.29, 0.717) is 12.3 Å². The van der Waals surface area contributed by atoms with Crippen molar-refractivity contribution >= 4 is 11.9 Å². The van der Waals surface area contributed by atoms with Gasteiger partial charge in [0.25, 0.3) is 0 Å². The molecule has 1 aliphatic heterocycles. The molecular weight excluding hydrogens is 218 g/mol. The molecule has 0 aromatic carbocycles. The van der Waals surface area contributed by atoms with Crippen molar-refractivity contribution in [3.8, 4) is 0 Å². The van der Waals surface area contributed by atoms with Crippen molar-refractivity contribution < 1.29 is 14.7 Å². The minimum Gasteiger partial charge on any atom is -0.481 e. The lowest BCUT2D eigenvalue weighted by Crippen LogP contribution is -2.42. The molecule has 1 fully saturated rings. The topological polar surface area (TPSA) is 57.6 Å². The molecule has 1 amide bonds. The van der Waals surface area contributed by atoms with Crippen molar-refractivity contribution in [3.63, 3.8) is 0 Å². The fraction of sp³-hybridized carbons (Fsp3) is 0.846. The molecule has 0 spiro atoms. The SMILES string of the molecule is CCC(C)C(=O)N1CCCC(CCC(=O)O)C1. The zero-order valence-electron chi connectivity index (χ0n) is 10.8. The Morgan fingerprint density at radius 3 is 2.76 bits per heavy atom. The van der Waals surface area contributed by atoms with Crippen LogP contribution < -0.4 is 0 Å². The minimum absolute atomic E-state index is 0.0909. The summed E-state index contributed by atoms with van der Waals surface area (Å²) >= 11 is 0. The number of carboxylic acids is 1. The average Bonchev–Trinajstić information content (AvgIpc) is 2.34. The van der Waals surface area contributed by atoms with Gasteiger partial charge in [-0.05, 0) is 31.6 Å². The van der Waals surface area contributed by atoms with Crippen molar-refractivity contribution in [2.45, 2.75) is 46.0 Å². The molecule has 0 aliphatic carbocycles. The standard InChI is InChI=1S/C13H23NO3/c1-3-10(2)13(17)14-8-4-5-11(9-14)6-7-12(15)16/h10-11H,3-9H2,1-2H3,(H,15,16). The summed E-state index contributed by atoms with van der Waals surface area (Å²) < 4.78 is 0. The van der Waals surface area contributed by atoms with E-state index in [1.807, 2.05) is 18.7 Å². The summed E-state index contributed by atoms with van der Waals surface area (Å²) in [5, 5.41) is 8.66. The molecule has 0 aromatic rings. The molecule has 4 nitrogen and oxygen atoms in total. The lowest BCUT2D eigenvalue weighted by atomic mass is 9.92. The maximum absolute atomic E-state index is 12.0. The van der Waals surface area contributed by atoms with Gasteiger partial charge in [0.2, 0.25) is 5.91 Å². The van der Waals surface area contributed by atoms with Gasteiger partial charge in [0, 0.05) is 25.4 Å². The fourth-order valence-electron chi connectivity index (χ4n) is 2.31.